The molecular formula is C16H10Cl2N2O4. The van der Waals surface area contributed by atoms with Crippen LogP contribution in [0.1, 0.15) is 33.3 Å². The highest BCUT2D eigenvalue weighted by Gasteiger charge is 2.23. The highest BCUT2D eigenvalue weighted by Crippen LogP contribution is 2.33. The van der Waals surface area contributed by atoms with Gasteiger partial charge in [0.1, 0.15) is 11.8 Å². The number of carboxylic acids is 1. The van der Waals surface area contributed by atoms with Crippen molar-refractivity contribution in [3.63, 3.8) is 0 Å². The van der Waals surface area contributed by atoms with Gasteiger partial charge in [0.15, 0.2) is 0 Å². The van der Waals surface area contributed by atoms with E-state index in [0.29, 0.717) is 5.02 Å². The summed E-state index contributed by atoms with van der Waals surface area (Å²) in [5.41, 5.74) is -0.457. The van der Waals surface area contributed by atoms with Crippen molar-refractivity contribution in [2.24, 2.45) is 0 Å². The molecule has 24 heavy (non-hydrogen) atoms. The molecule has 8 heteroatoms. The van der Waals surface area contributed by atoms with E-state index in [1.807, 2.05) is 6.07 Å². The number of halogens is 2. The Labute approximate surface area is 147 Å². The minimum absolute atomic E-state index is 0.0258. The van der Waals surface area contributed by atoms with Crippen LogP contribution in [0.15, 0.2) is 24.3 Å². The van der Waals surface area contributed by atoms with Gasteiger partial charge in [-0.2, -0.15) is 5.26 Å². The number of aromatic nitrogens is 1. The van der Waals surface area contributed by atoms with Gasteiger partial charge in [0.2, 0.25) is 0 Å². The highest BCUT2D eigenvalue weighted by atomic mass is 35.5. The van der Waals surface area contributed by atoms with Crippen LogP contribution >= 0.6 is 23.2 Å². The number of aromatic carboxylic acids is 1. The molecule has 2 aromatic rings. The molecule has 0 amide bonds. The summed E-state index contributed by atoms with van der Waals surface area (Å²) in [5, 5.41) is 19.2. The molecule has 0 bridgehead atoms. The molecule has 0 saturated heterocycles. The number of pyridine rings is 1. The fourth-order valence-electron chi connectivity index (χ4n) is 2.01. The fraction of sp³-hybridized carbons (Fsp3) is 0.125. The van der Waals surface area contributed by atoms with Crippen LogP contribution < -0.4 is 0 Å². The van der Waals surface area contributed by atoms with E-state index in [9.17, 15) is 20.0 Å². The molecule has 0 aliphatic rings. The number of carbonyl (C=O) groups excluding carboxylic acids is 1. The average molecular weight is 365 g/mol. The molecule has 0 saturated carbocycles. The van der Waals surface area contributed by atoms with E-state index in [-0.39, 0.29) is 34.0 Å². The number of carboxylic acid groups (broad SMARTS) is 1. The van der Waals surface area contributed by atoms with Crippen molar-refractivity contribution in [2.75, 3.05) is 6.61 Å². The molecule has 0 aliphatic carbocycles. The third-order valence-electron chi connectivity index (χ3n) is 3.03. The summed E-state index contributed by atoms with van der Waals surface area (Å²) in [4.78, 5) is 27.3. The molecule has 0 aliphatic heterocycles. The van der Waals surface area contributed by atoms with Crippen molar-refractivity contribution in [1.29, 1.82) is 5.26 Å². The molecule has 0 atom stereocenters. The van der Waals surface area contributed by atoms with E-state index in [1.54, 1.807) is 6.92 Å². The molecule has 1 heterocycles. The third-order valence-corrected chi connectivity index (χ3v) is 3.58. The predicted molar refractivity (Wildman–Crippen MR) is 87.3 cm³/mol. The minimum Gasteiger partial charge on any atom is -0.477 e. The molecule has 0 radical (unpaired) electrons. The van der Waals surface area contributed by atoms with Gasteiger partial charge >= 0.3 is 11.9 Å². The summed E-state index contributed by atoms with van der Waals surface area (Å²) in [5.74, 6) is -2.17. The Balaban J connectivity index is 2.81. The summed E-state index contributed by atoms with van der Waals surface area (Å²) in [7, 11) is 0. The number of rotatable bonds is 4. The van der Waals surface area contributed by atoms with Gasteiger partial charge in [-0.3, -0.25) is 0 Å². The van der Waals surface area contributed by atoms with Gasteiger partial charge in [-0.15, -0.1) is 0 Å². The second-order valence-corrected chi connectivity index (χ2v) is 5.38. The maximum Gasteiger partial charge on any atom is 0.354 e. The molecular weight excluding hydrogens is 355 g/mol. The molecule has 0 unspecified atom stereocenters. The summed E-state index contributed by atoms with van der Waals surface area (Å²) in [6.45, 7) is 1.67. The van der Waals surface area contributed by atoms with Crippen LogP contribution in [0.4, 0.5) is 0 Å². The van der Waals surface area contributed by atoms with Crippen molar-refractivity contribution in [1.82, 2.24) is 4.98 Å². The first-order chi connectivity index (χ1) is 11.4. The van der Waals surface area contributed by atoms with Crippen LogP contribution in [-0.2, 0) is 4.74 Å². The number of ether oxygens (including phenoxy) is 1. The second-order valence-electron chi connectivity index (χ2n) is 4.54. The second kappa shape index (κ2) is 7.30. The predicted octanol–water partition coefficient (Wildman–Crippen LogP) is 3.80. The Morgan fingerprint density at radius 1 is 1.33 bits per heavy atom. The maximum atomic E-state index is 12.1. The van der Waals surface area contributed by atoms with Crippen molar-refractivity contribution in [3.8, 4) is 17.3 Å². The highest BCUT2D eigenvalue weighted by molar-refractivity contribution is 6.36. The molecule has 6 nitrogen and oxygen atoms in total. The lowest BCUT2D eigenvalue weighted by molar-refractivity contribution is 0.0526. The number of esters is 1. The van der Waals surface area contributed by atoms with Gasteiger partial charge in [-0.05, 0) is 31.2 Å². The number of hydrogen-bond donors (Lipinski definition) is 1. The lowest BCUT2D eigenvalue weighted by atomic mass is 10.0. The lowest BCUT2D eigenvalue weighted by Gasteiger charge is -2.11. The molecule has 2 rings (SSSR count). The Kier molecular flexibility index (Phi) is 5.39. The van der Waals surface area contributed by atoms with Crippen LogP contribution in [0.25, 0.3) is 11.3 Å². The molecule has 122 valence electrons. The molecule has 0 fully saturated rings. The number of nitriles is 1. The standard InChI is InChI=1S/C16H10Cl2N2O4/c1-2-24-16(23)10-6-13(15(21)22)20-14(11(10)7-19)9-4-3-8(17)5-12(9)18/h3-6H,2H2,1H3,(H,21,22). The maximum absolute atomic E-state index is 12.1. The van der Waals surface area contributed by atoms with E-state index < -0.39 is 17.6 Å². The normalized spacial score (nSPS) is 10.1. The topological polar surface area (TPSA) is 100 Å². The van der Waals surface area contributed by atoms with Crippen molar-refractivity contribution in [3.05, 3.63) is 51.1 Å². The molecule has 1 aromatic carbocycles. The number of benzene rings is 1. The smallest absolute Gasteiger partial charge is 0.354 e. The van der Waals surface area contributed by atoms with Gasteiger partial charge in [-0.1, -0.05) is 23.2 Å². The number of carbonyl (C=O) groups is 2. The first kappa shape index (κ1) is 17.7. The van der Waals surface area contributed by atoms with E-state index in [4.69, 9.17) is 27.9 Å². The van der Waals surface area contributed by atoms with E-state index in [2.05, 4.69) is 4.98 Å². The Hall–Kier alpha value is -2.62. The van der Waals surface area contributed by atoms with Gasteiger partial charge in [0.05, 0.1) is 28.5 Å². The Bertz CT molecular complexity index is 875. The van der Waals surface area contributed by atoms with E-state index in [1.165, 1.54) is 18.2 Å². The first-order valence-electron chi connectivity index (χ1n) is 6.70. The first-order valence-corrected chi connectivity index (χ1v) is 7.45. The van der Waals surface area contributed by atoms with Gasteiger partial charge in [0, 0.05) is 10.6 Å². The monoisotopic (exact) mass is 364 g/mol. The van der Waals surface area contributed by atoms with E-state index in [0.717, 1.165) is 6.07 Å². The molecule has 1 N–H and O–H groups in total. The van der Waals surface area contributed by atoms with Gasteiger partial charge in [-0.25, -0.2) is 14.6 Å². The molecule has 0 spiro atoms. The zero-order valence-electron chi connectivity index (χ0n) is 12.3. The van der Waals surface area contributed by atoms with Gasteiger partial charge < -0.3 is 9.84 Å². The number of nitrogens with zero attached hydrogens (tertiary/aromatic N) is 2. The van der Waals surface area contributed by atoms with Gasteiger partial charge in [0.25, 0.3) is 0 Å². The minimum atomic E-state index is -1.35. The lowest BCUT2D eigenvalue weighted by Crippen LogP contribution is -2.12. The Morgan fingerprint density at radius 3 is 2.58 bits per heavy atom. The van der Waals surface area contributed by atoms with Crippen molar-refractivity contribution < 1.29 is 19.4 Å². The quantitative estimate of drug-likeness (QED) is 0.827. The zero-order valence-corrected chi connectivity index (χ0v) is 13.9. The summed E-state index contributed by atoms with van der Waals surface area (Å²) in [6, 6.07) is 7.31. The van der Waals surface area contributed by atoms with Crippen LogP contribution in [0.2, 0.25) is 10.0 Å². The molecule has 1 aromatic heterocycles. The van der Waals surface area contributed by atoms with Crippen LogP contribution in [0, 0.1) is 11.3 Å². The summed E-state index contributed by atoms with van der Waals surface area (Å²) >= 11 is 12.0. The van der Waals surface area contributed by atoms with Crippen LogP contribution in [-0.4, -0.2) is 28.6 Å². The van der Waals surface area contributed by atoms with Crippen LogP contribution in [0.5, 0.6) is 0 Å². The average Bonchev–Trinajstić information content (AvgIpc) is 2.53. The van der Waals surface area contributed by atoms with Crippen molar-refractivity contribution >= 4 is 35.1 Å². The summed E-state index contributed by atoms with van der Waals surface area (Å²) in [6.07, 6.45) is 0. The Morgan fingerprint density at radius 2 is 2.04 bits per heavy atom. The van der Waals surface area contributed by atoms with E-state index >= 15 is 0 Å². The summed E-state index contributed by atoms with van der Waals surface area (Å²) < 4.78 is 4.88. The van der Waals surface area contributed by atoms with Crippen LogP contribution in [0.3, 0.4) is 0 Å². The largest absolute Gasteiger partial charge is 0.477 e. The zero-order chi connectivity index (χ0) is 17.9. The number of hydrogen-bond acceptors (Lipinski definition) is 5. The SMILES string of the molecule is CCOC(=O)c1cc(C(=O)O)nc(-c2ccc(Cl)cc2Cl)c1C#N. The third kappa shape index (κ3) is 3.48. The fourth-order valence-corrected chi connectivity index (χ4v) is 2.51. The van der Waals surface area contributed by atoms with Crippen molar-refractivity contribution in [2.45, 2.75) is 6.92 Å².